The summed E-state index contributed by atoms with van der Waals surface area (Å²) in [6.45, 7) is 3.02. The topological polar surface area (TPSA) is 82.0 Å². The van der Waals surface area contributed by atoms with E-state index in [0.29, 0.717) is 5.56 Å². The molecule has 0 saturated carbocycles. The third kappa shape index (κ3) is 4.26. The first-order chi connectivity index (χ1) is 8.44. The van der Waals surface area contributed by atoms with Crippen molar-refractivity contribution in [3.8, 4) is 6.07 Å². The van der Waals surface area contributed by atoms with Crippen LogP contribution in [0.1, 0.15) is 24.2 Å². The van der Waals surface area contributed by atoms with E-state index in [1.165, 1.54) is 0 Å². The third-order valence-corrected chi connectivity index (χ3v) is 2.18. The molecule has 0 aliphatic carbocycles. The van der Waals surface area contributed by atoms with E-state index in [1.54, 1.807) is 44.2 Å². The smallest absolute Gasteiger partial charge is 0.251 e. The van der Waals surface area contributed by atoms with E-state index >= 15 is 0 Å². The van der Waals surface area contributed by atoms with Crippen LogP contribution in [0, 0.1) is 11.3 Å². The van der Waals surface area contributed by atoms with E-state index in [0.717, 1.165) is 0 Å². The molecular formula is C13H15N3O2. The van der Waals surface area contributed by atoms with Crippen LogP contribution in [0.2, 0.25) is 0 Å². The average Bonchev–Trinajstić information content (AvgIpc) is 2.36. The minimum atomic E-state index is -0.936. The first-order valence-electron chi connectivity index (χ1n) is 5.50. The normalized spacial score (nSPS) is 10.3. The highest BCUT2D eigenvalue weighted by Crippen LogP contribution is 1.99. The molecule has 0 radical (unpaired) electrons. The molecule has 5 nitrogen and oxygen atoms in total. The Labute approximate surface area is 106 Å². The Morgan fingerprint density at radius 3 is 2.44 bits per heavy atom. The number of nitrogens with one attached hydrogen (secondary N) is 2. The molecule has 0 heterocycles. The van der Waals surface area contributed by atoms with Crippen LogP contribution in [0.4, 0.5) is 0 Å². The molecule has 0 aliphatic heterocycles. The van der Waals surface area contributed by atoms with Gasteiger partial charge in [0.15, 0.2) is 0 Å². The van der Waals surface area contributed by atoms with Gasteiger partial charge < -0.3 is 10.6 Å². The second-order valence-electron chi connectivity index (χ2n) is 4.33. The highest BCUT2D eigenvalue weighted by atomic mass is 16.2. The fourth-order valence-corrected chi connectivity index (χ4v) is 1.27. The number of hydrogen-bond acceptors (Lipinski definition) is 3. The lowest BCUT2D eigenvalue weighted by atomic mass is 10.1. The first kappa shape index (κ1) is 13.7. The van der Waals surface area contributed by atoms with Crippen molar-refractivity contribution in [1.29, 1.82) is 5.26 Å². The fourth-order valence-electron chi connectivity index (χ4n) is 1.27. The van der Waals surface area contributed by atoms with Gasteiger partial charge in [0.05, 0.1) is 12.6 Å². The number of rotatable bonds is 4. The molecule has 18 heavy (non-hydrogen) atoms. The van der Waals surface area contributed by atoms with Gasteiger partial charge in [0, 0.05) is 5.56 Å². The van der Waals surface area contributed by atoms with E-state index in [9.17, 15) is 9.59 Å². The molecule has 0 spiro atoms. The highest BCUT2D eigenvalue weighted by Gasteiger charge is 2.19. The first-order valence-corrected chi connectivity index (χ1v) is 5.50. The molecule has 1 rings (SSSR count). The van der Waals surface area contributed by atoms with Crippen LogP contribution in [0.5, 0.6) is 0 Å². The maximum absolute atomic E-state index is 11.6. The zero-order valence-electron chi connectivity index (χ0n) is 10.4. The Morgan fingerprint density at radius 2 is 1.89 bits per heavy atom. The summed E-state index contributed by atoms with van der Waals surface area (Å²) in [6.07, 6.45) is 0. The van der Waals surface area contributed by atoms with Crippen molar-refractivity contribution >= 4 is 11.8 Å². The van der Waals surface area contributed by atoms with E-state index in [1.807, 2.05) is 6.07 Å². The monoisotopic (exact) mass is 245 g/mol. The number of hydrogen-bond donors (Lipinski definition) is 2. The third-order valence-electron chi connectivity index (χ3n) is 2.18. The lowest BCUT2D eigenvalue weighted by molar-refractivity contribution is -0.121. The van der Waals surface area contributed by atoms with Gasteiger partial charge in [0.1, 0.15) is 5.54 Å². The van der Waals surface area contributed by atoms with E-state index in [2.05, 4.69) is 10.6 Å². The molecule has 1 aromatic rings. The van der Waals surface area contributed by atoms with Gasteiger partial charge in [-0.3, -0.25) is 9.59 Å². The fraction of sp³-hybridized carbons (Fsp3) is 0.308. The number of amides is 2. The van der Waals surface area contributed by atoms with Gasteiger partial charge in [-0.15, -0.1) is 0 Å². The zero-order chi connectivity index (χ0) is 13.6. The summed E-state index contributed by atoms with van der Waals surface area (Å²) in [5, 5.41) is 13.7. The molecule has 94 valence electrons. The molecule has 0 atom stereocenters. The van der Waals surface area contributed by atoms with Crippen molar-refractivity contribution in [3.63, 3.8) is 0 Å². The van der Waals surface area contributed by atoms with Crippen molar-refractivity contribution in [1.82, 2.24) is 10.6 Å². The average molecular weight is 245 g/mol. The largest absolute Gasteiger partial charge is 0.343 e. The van der Waals surface area contributed by atoms with Crippen molar-refractivity contribution in [2.45, 2.75) is 19.4 Å². The second-order valence-corrected chi connectivity index (χ2v) is 4.33. The number of carbonyl (C=O) groups excluding carboxylic acids is 2. The lowest BCUT2D eigenvalue weighted by Crippen LogP contribution is -2.46. The van der Waals surface area contributed by atoms with Crippen LogP contribution in [-0.4, -0.2) is 23.9 Å². The van der Waals surface area contributed by atoms with Gasteiger partial charge >= 0.3 is 0 Å². The zero-order valence-corrected chi connectivity index (χ0v) is 10.4. The van der Waals surface area contributed by atoms with Gasteiger partial charge in [0.25, 0.3) is 5.91 Å². The maximum Gasteiger partial charge on any atom is 0.251 e. The molecule has 0 fully saturated rings. The Balaban J connectivity index is 2.45. The Bertz CT molecular complexity index is 475. The van der Waals surface area contributed by atoms with Gasteiger partial charge in [-0.05, 0) is 26.0 Å². The van der Waals surface area contributed by atoms with Crippen molar-refractivity contribution in [2.24, 2.45) is 0 Å². The van der Waals surface area contributed by atoms with Crippen molar-refractivity contribution in [3.05, 3.63) is 35.9 Å². The van der Waals surface area contributed by atoms with Crippen LogP contribution in [0.15, 0.2) is 30.3 Å². The molecule has 0 aromatic heterocycles. The van der Waals surface area contributed by atoms with E-state index in [-0.39, 0.29) is 12.5 Å². The van der Waals surface area contributed by atoms with Gasteiger partial charge in [-0.25, -0.2) is 0 Å². The van der Waals surface area contributed by atoms with Crippen molar-refractivity contribution in [2.75, 3.05) is 6.54 Å². The number of benzene rings is 1. The molecule has 0 unspecified atom stereocenters. The van der Waals surface area contributed by atoms with Crippen LogP contribution < -0.4 is 10.6 Å². The summed E-state index contributed by atoms with van der Waals surface area (Å²) in [4.78, 5) is 23.1. The number of carbonyl (C=O) groups is 2. The molecule has 0 bridgehead atoms. The predicted molar refractivity (Wildman–Crippen MR) is 66.6 cm³/mol. The van der Waals surface area contributed by atoms with Crippen LogP contribution >= 0.6 is 0 Å². The maximum atomic E-state index is 11.6. The standard InChI is InChI=1S/C13H15N3O2/c1-13(2,9-14)16-11(17)8-15-12(18)10-6-4-3-5-7-10/h3-7H,8H2,1-2H3,(H,15,18)(H,16,17). The summed E-state index contributed by atoms with van der Waals surface area (Å²) in [5.41, 5.74) is -0.445. The lowest BCUT2D eigenvalue weighted by Gasteiger charge is -2.17. The van der Waals surface area contributed by atoms with Gasteiger partial charge in [0.2, 0.25) is 5.91 Å². The summed E-state index contributed by atoms with van der Waals surface area (Å²) in [6, 6.07) is 10.6. The molecule has 5 heteroatoms. The summed E-state index contributed by atoms with van der Waals surface area (Å²) >= 11 is 0. The predicted octanol–water partition coefficient (Wildman–Crippen LogP) is 0.835. The minimum absolute atomic E-state index is 0.154. The Kier molecular flexibility index (Phi) is 4.44. The molecule has 2 amide bonds. The summed E-state index contributed by atoms with van der Waals surface area (Å²) in [5.74, 6) is -0.716. The van der Waals surface area contributed by atoms with Crippen LogP contribution in [0.3, 0.4) is 0 Å². The van der Waals surface area contributed by atoms with Crippen molar-refractivity contribution < 1.29 is 9.59 Å². The molecule has 0 aliphatic rings. The Hall–Kier alpha value is -2.35. The van der Waals surface area contributed by atoms with Crippen LogP contribution in [0.25, 0.3) is 0 Å². The molecule has 1 aromatic carbocycles. The summed E-state index contributed by atoms with van der Waals surface area (Å²) in [7, 11) is 0. The minimum Gasteiger partial charge on any atom is -0.343 e. The quantitative estimate of drug-likeness (QED) is 0.824. The number of nitrogens with zero attached hydrogens (tertiary/aromatic N) is 1. The van der Waals surface area contributed by atoms with Gasteiger partial charge in [-0.2, -0.15) is 5.26 Å². The Morgan fingerprint density at radius 1 is 1.28 bits per heavy atom. The SMILES string of the molecule is CC(C)(C#N)NC(=O)CNC(=O)c1ccccc1. The molecule has 0 saturated heterocycles. The number of nitriles is 1. The van der Waals surface area contributed by atoms with Crippen LogP contribution in [-0.2, 0) is 4.79 Å². The molecule has 2 N–H and O–H groups in total. The molecular weight excluding hydrogens is 230 g/mol. The highest BCUT2D eigenvalue weighted by molar-refractivity contribution is 5.96. The summed E-state index contributed by atoms with van der Waals surface area (Å²) < 4.78 is 0. The van der Waals surface area contributed by atoms with Gasteiger partial charge in [-0.1, -0.05) is 18.2 Å². The second kappa shape index (κ2) is 5.82. The van der Waals surface area contributed by atoms with E-state index < -0.39 is 11.4 Å². The van der Waals surface area contributed by atoms with E-state index in [4.69, 9.17) is 5.26 Å².